The second-order valence-corrected chi connectivity index (χ2v) is 5.96. The monoisotopic (exact) mass is 251 g/mol. The Morgan fingerprint density at radius 2 is 2.19 bits per heavy atom. The number of hydrogen-bond acceptors (Lipinski definition) is 3. The summed E-state index contributed by atoms with van der Waals surface area (Å²) in [6, 6.07) is 11.3. The first kappa shape index (κ1) is 12.0. The first-order chi connectivity index (χ1) is 7.81. The molecule has 86 valence electrons. The van der Waals surface area contributed by atoms with Gasteiger partial charge in [-0.2, -0.15) is 11.8 Å². The Kier molecular flexibility index (Phi) is 4.27. The third kappa shape index (κ3) is 2.78. The van der Waals surface area contributed by atoms with Gasteiger partial charge in [-0.05, 0) is 30.7 Å². The van der Waals surface area contributed by atoms with Gasteiger partial charge in [-0.15, -0.1) is 11.3 Å². The van der Waals surface area contributed by atoms with Crippen molar-refractivity contribution in [3.05, 3.63) is 35.2 Å². The fourth-order valence-corrected chi connectivity index (χ4v) is 3.11. The molecule has 0 saturated carbocycles. The van der Waals surface area contributed by atoms with Gasteiger partial charge in [0.05, 0.1) is 0 Å². The van der Waals surface area contributed by atoms with Crippen LogP contribution in [0, 0.1) is 0 Å². The van der Waals surface area contributed by atoms with E-state index in [1.165, 1.54) is 20.7 Å². The molecule has 3 heteroatoms. The first-order valence-electron chi connectivity index (χ1n) is 5.52. The zero-order valence-corrected chi connectivity index (χ0v) is 11.3. The molecule has 0 radical (unpaired) electrons. The molecule has 0 bridgehead atoms. The number of thiophene rings is 1. The SMILES string of the molecule is CSCCNC(C)c1cc2ccccc2s1. The average molecular weight is 251 g/mol. The van der Waals surface area contributed by atoms with E-state index in [1.54, 1.807) is 0 Å². The highest BCUT2D eigenvalue weighted by atomic mass is 32.2. The maximum atomic E-state index is 3.55. The van der Waals surface area contributed by atoms with E-state index in [0.29, 0.717) is 6.04 Å². The lowest BCUT2D eigenvalue weighted by Gasteiger charge is -2.10. The fraction of sp³-hybridized carbons (Fsp3) is 0.385. The van der Waals surface area contributed by atoms with E-state index in [1.807, 2.05) is 23.1 Å². The number of rotatable bonds is 5. The van der Waals surface area contributed by atoms with Gasteiger partial charge in [0, 0.05) is 27.9 Å². The van der Waals surface area contributed by atoms with Crippen LogP contribution in [-0.4, -0.2) is 18.6 Å². The third-order valence-corrected chi connectivity index (χ3v) is 4.54. The highest BCUT2D eigenvalue weighted by Gasteiger charge is 2.08. The van der Waals surface area contributed by atoms with Gasteiger partial charge in [-0.3, -0.25) is 0 Å². The molecule has 0 aliphatic carbocycles. The van der Waals surface area contributed by atoms with Crippen molar-refractivity contribution in [1.82, 2.24) is 5.32 Å². The normalized spacial score (nSPS) is 13.1. The summed E-state index contributed by atoms with van der Waals surface area (Å²) in [6.07, 6.45) is 2.14. The van der Waals surface area contributed by atoms with Crippen LogP contribution in [0.25, 0.3) is 10.1 Å². The summed E-state index contributed by atoms with van der Waals surface area (Å²) < 4.78 is 1.39. The van der Waals surface area contributed by atoms with E-state index in [-0.39, 0.29) is 0 Å². The van der Waals surface area contributed by atoms with Crippen molar-refractivity contribution in [2.45, 2.75) is 13.0 Å². The number of benzene rings is 1. The van der Waals surface area contributed by atoms with E-state index in [4.69, 9.17) is 0 Å². The Morgan fingerprint density at radius 3 is 2.94 bits per heavy atom. The molecule has 16 heavy (non-hydrogen) atoms. The van der Waals surface area contributed by atoms with Crippen molar-refractivity contribution >= 4 is 33.2 Å². The van der Waals surface area contributed by atoms with Gasteiger partial charge >= 0.3 is 0 Å². The van der Waals surface area contributed by atoms with E-state index in [0.717, 1.165) is 6.54 Å². The highest BCUT2D eigenvalue weighted by Crippen LogP contribution is 2.29. The summed E-state index contributed by atoms with van der Waals surface area (Å²) in [5.41, 5.74) is 0. The number of hydrogen-bond donors (Lipinski definition) is 1. The minimum Gasteiger partial charge on any atom is -0.309 e. The first-order valence-corrected chi connectivity index (χ1v) is 7.73. The van der Waals surface area contributed by atoms with E-state index in [9.17, 15) is 0 Å². The molecule has 0 spiro atoms. The van der Waals surface area contributed by atoms with Crippen molar-refractivity contribution < 1.29 is 0 Å². The molecular weight excluding hydrogens is 234 g/mol. The zero-order chi connectivity index (χ0) is 11.4. The Balaban J connectivity index is 2.07. The van der Waals surface area contributed by atoms with E-state index >= 15 is 0 Å². The van der Waals surface area contributed by atoms with Crippen LogP contribution in [0.3, 0.4) is 0 Å². The van der Waals surface area contributed by atoms with Gasteiger partial charge in [0.25, 0.3) is 0 Å². The molecule has 1 unspecified atom stereocenters. The molecule has 0 saturated heterocycles. The third-order valence-electron chi connectivity index (χ3n) is 2.63. The average Bonchev–Trinajstić information content (AvgIpc) is 2.73. The maximum Gasteiger partial charge on any atom is 0.0386 e. The zero-order valence-electron chi connectivity index (χ0n) is 9.69. The fourth-order valence-electron chi connectivity index (χ4n) is 1.69. The van der Waals surface area contributed by atoms with Crippen molar-refractivity contribution in [3.8, 4) is 0 Å². The van der Waals surface area contributed by atoms with Crippen LogP contribution in [0.1, 0.15) is 17.8 Å². The van der Waals surface area contributed by atoms with Crippen LogP contribution >= 0.6 is 23.1 Å². The van der Waals surface area contributed by atoms with Crippen LogP contribution in [0.5, 0.6) is 0 Å². The Bertz CT molecular complexity index is 417. The summed E-state index contributed by atoms with van der Waals surface area (Å²) in [6.45, 7) is 3.32. The molecule has 2 aromatic rings. The van der Waals surface area contributed by atoms with E-state index < -0.39 is 0 Å². The van der Waals surface area contributed by atoms with Gasteiger partial charge < -0.3 is 5.32 Å². The maximum absolute atomic E-state index is 3.55. The van der Waals surface area contributed by atoms with Crippen molar-refractivity contribution in [2.24, 2.45) is 0 Å². The molecule has 1 heterocycles. The Hall–Kier alpha value is -0.510. The molecule has 0 aliphatic rings. The Labute approximate surface area is 105 Å². The summed E-state index contributed by atoms with van der Waals surface area (Å²) in [5.74, 6) is 1.18. The van der Waals surface area contributed by atoms with Crippen LogP contribution in [0.15, 0.2) is 30.3 Å². The predicted octanol–water partition coefficient (Wildman–Crippen LogP) is 3.91. The molecule has 0 amide bonds. The van der Waals surface area contributed by atoms with Crippen LogP contribution < -0.4 is 5.32 Å². The molecule has 1 aromatic carbocycles. The lowest BCUT2D eigenvalue weighted by molar-refractivity contribution is 0.611. The molecule has 1 aromatic heterocycles. The number of thioether (sulfide) groups is 1. The van der Waals surface area contributed by atoms with E-state index in [2.05, 4.69) is 48.8 Å². The summed E-state index contributed by atoms with van der Waals surface area (Å²) in [5, 5.41) is 4.91. The quantitative estimate of drug-likeness (QED) is 0.809. The molecule has 0 aliphatic heterocycles. The molecule has 1 nitrogen and oxygen atoms in total. The van der Waals surface area contributed by atoms with Gasteiger partial charge in [0.1, 0.15) is 0 Å². The molecule has 0 fully saturated rings. The van der Waals surface area contributed by atoms with Crippen LogP contribution in [-0.2, 0) is 0 Å². The molecule has 1 atom stereocenters. The molecule has 2 rings (SSSR count). The van der Waals surface area contributed by atoms with Crippen molar-refractivity contribution in [1.29, 1.82) is 0 Å². The lowest BCUT2D eigenvalue weighted by Crippen LogP contribution is -2.20. The second-order valence-electron chi connectivity index (χ2n) is 3.86. The summed E-state index contributed by atoms with van der Waals surface area (Å²) >= 11 is 3.78. The lowest BCUT2D eigenvalue weighted by atomic mass is 10.2. The molecular formula is C13H17NS2. The van der Waals surface area contributed by atoms with Crippen LogP contribution in [0.2, 0.25) is 0 Å². The predicted molar refractivity (Wildman–Crippen MR) is 76.6 cm³/mol. The van der Waals surface area contributed by atoms with Gasteiger partial charge in [-0.1, -0.05) is 18.2 Å². The smallest absolute Gasteiger partial charge is 0.0386 e. The summed E-state index contributed by atoms with van der Waals surface area (Å²) in [4.78, 5) is 1.43. The second kappa shape index (κ2) is 5.71. The topological polar surface area (TPSA) is 12.0 Å². The minimum absolute atomic E-state index is 0.463. The standard InChI is InChI=1S/C13H17NS2/c1-10(14-7-8-15-2)13-9-11-5-3-4-6-12(11)16-13/h3-6,9-10,14H,7-8H2,1-2H3. The van der Waals surface area contributed by atoms with Gasteiger partial charge in [0.15, 0.2) is 0 Å². The van der Waals surface area contributed by atoms with Crippen molar-refractivity contribution in [2.75, 3.05) is 18.6 Å². The summed E-state index contributed by atoms with van der Waals surface area (Å²) in [7, 11) is 0. The highest BCUT2D eigenvalue weighted by molar-refractivity contribution is 7.98. The van der Waals surface area contributed by atoms with Gasteiger partial charge in [0.2, 0.25) is 0 Å². The van der Waals surface area contributed by atoms with Crippen molar-refractivity contribution in [3.63, 3.8) is 0 Å². The van der Waals surface area contributed by atoms with Gasteiger partial charge in [-0.25, -0.2) is 0 Å². The Morgan fingerprint density at radius 1 is 1.38 bits per heavy atom. The molecule has 1 N–H and O–H groups in total. The minimum atomic E-state index is 0.463. The largest absolute Gasteiger partial charge is 0.309 e. The number of fused-ring (bicyclic) bond motifs is 1. The number of nitrogens with one attached hydrogen (secondary N) is 1. The van der Waals surface area contributed by atoms with Crippen LogP contribution in [0.4, 0.5) is 0 Å².